The van der Waals surface area contributed by atoms with Gasteiger partial charge in [-0.3, -0.25) is 4.79 Å². The smallest absolute Gasteiger partial charge is 0.256 e. The van der Waals surface area contributed by atoms with Crippen molar-refractivity contribution in [1.29, 1.82) is 0 Å². The van der Waals surface area contributed by atoms with Crippen LogP contribution in [0.15, 0.2) is 78.9 Å². The number of rotatable bonds is 4. The van der Waals surface area contributed by atoms with Gasteiger partial charge < -0.3 is 14.8 Å². The monoisotopic (exact) mass is 407 g/mol. The second-order valence-electron chi connectivity index (χ2n) is 7.41. The van der Waals surface area contributed by atoms with Crippen molar-refractivity contribution in [2.75, 3.05) is 19.5 Å². The number of carbonyl (C=O) groups is 1. The molecule has 0 radical (unpaired) electrons. The molecule has 1 amide bonds. The summed E-state index contributed by atoms with van der Waals surface area (Å²) in [6.07, 6.45) is 1.92. The number of hydrogen-bond donors (Lipinski definition) is 1. The van der Waals surface area contributed by atoms with E-state index in [2.05, 4.69) is 35.6 Å². The number of methoxy groups -OCH3 is 2. The Morgan fingerprint density at radius 1 is 0.742 bits per heavy atom. The Bertz CT molecular complexity index is 1350. The van der Waals surface area contributed by atoms with E-state index in [1.54, 1.807) is 14.2 Å². The molecule has 1 aliphatic heterocycles. The summed E-state index contributed by atoms with van der Waals surface area (Å²) in [7, 11) is 3.24. The zero-order valence-electron chi connectivity index (χ0n) is 17.3. The highest BCUT2D eigenvalue weighted by atomic mass is 16.5. The van der Waals surface area contributed by atoms with Crippen LogP contribution < -0.4 is 14.8 Å². The van der Waals surface area contributed by atoms with Crippen LogP contribution >= 0.6 is 0 Å². The Labute approximate surface area is 180 Å². The first-order valence-corrected chi connectivity index (χ1v) is 10.1. The van der Waals surface area contributed by atoms with Crippen molar-refractivity contribution < 1.29 is 14.3 Å². The lowest BCUT2D eigenvalue weighted by Crippen LogP contribution is -2.03. The Balaban J connectivity index is 1.74. The van der Waals surface area contributed by atoms with Gasteiger partial charge in [0.1, 0.15) is 0 Å². The normalized spacial score (nSPS) is 13.9. The molecule has 0 unspecified atom stereocenters. The summed E-state index contributed by atoms with van der Waals surface area (Å²) in [5.74, 6) is 1.15. The first-order chi connectivity index (χ1) is 15.2. The van der Waals surface area contributed by atoms with Crippen LogP contribution in [-0.2, 0) is 4.79 Å². The van der Waals surface area contributed by atoms with Crippen LogP contribution in [0.1, 0.15) is 11.1 Å². The Morgan fingerprint density at radius 2 is 1.45 bits per heavy atom. The molecule has 4 nitrogen and oxygen atoms in total. The maximum absolute atomic E-state index is 12.7. The number of benzene rings is 4. The van der Waals surface area contributed by atoms with Crippen molar-refractivity contribution in [2.45, 2.75) is 0 Å². The summed E-state index contributed by atoms with van der Waals surface area (Å²) in [6, 6.07) is 26.2. The molecule has 0 aromatic heterocycles. The number of ether oxygens (including phenoxy) is 2. The Kier molecular flexibility index (Phi) is 4.68. The highest BCUT2D eigenvalue weighted by Crippen LogP contribution is 2.40. The number of hydrogen-bond acceptors (Lipinski definition) is 3. The minimum absolute atomic E-state index is 0.111. The minimum Gasteiger partial charge on any atom is -0.493 e. The maximum atomic E-state index is 12.7. The van der Waals surface area contributed by atoms with Crippen molar-refractivity contribution in [3.05, 3.63) is 90.0 Å². The number of anilines is 1. The highest BCUT2D eigenvalue weighted by Gasteiger charge is 2.24. The summed E-state index contributed by atoms with van der Waals surface area (Å²) < 4.78 is 11.1. The second-order valence-corrected chi connectivity index (χ2v) is 7.41. The van der Waals surface area contributed by atoms with Gasteiger partial charge in [0.25, 0.3) is 5.91 Å². The lowest BCUT2D eigenvalue weighted by Gasteiger charge is -2.14. The molecule has 5 rings (SSSR count). The minimum atomic E-state index is -0.111. The molecule has 0 bridgehead atoms. The quantitative estimate of drug-likeness (QED) is 0.421. The number of fused-ring (bicyclic) bond motifs is 2. The molecule has 1 aliphatic rings. The van der Waals surface area contributed by atoms with Gasteiger partial charge in [0, 0.05) is 16.8 Å². The van der Waals surface area contributed by atoms with E-state index in [4.69, 9.17) is 9.47 Å². The van der Waals surface area contributed by atoms with Gasteiger partial charge in [-0.25, -0.2) is 0 Å². The summed E-state index contributed by atoms with van der Waals surface area (Å²) in [6.45, 7) is 0. The third-order valence-electron chi connectivity index (χ3n) is 5.63. The molecule has 0 spiro atoms. The van der Waals surface area contributed by atoms with E-state index in [1.807, 2.05) is 54.6 Å². The lowest BCUT2D eigenvalue weighted by atomic mass is 9.94. The number of para-hydroxylation sites is 1. The summed E-state index contributed by atoms with van der Waals surface area (Å²) in [5, 5.41) is 5.27. The molecule has 0 saturated carbocycles. The fraction of sp³-hybridized carbons (Fsp3) is 0.0741. The van der Waals surface area contributed by atoms with Crippen LogP contribution in [0, 0.1) is 0 Å². The van der Waals surface area contributed by atoms with E-state index in [1.165, 1.54) is 5.39 Å². The Morgan fingerprint density at radius 3 is 2.26 bits per heavy atom. The predicted molar refractivity (Wildman–Crippen MR) is 125 cm³/mol. The van der Waals surface area contributed by atoms with E-state index in [0.29, 0.717) is 17.1 Å². The summed E-state index contributed by atoms with van der Waals surface area (Å²) in [4.78, 5) is 12.7. The van der Waals surface area contributed by atoms with Crippen molar-refractivity contribution >= 4 is 34.0 Å². The van der Waals surface area contributed by atoms with Crippen LogP contribution in [-0.4, -0.2) is 20.1 Å². The van der Waals surface area contributed by atoms with E-state index >= 15 is 0 Å². The SMILES string of the molecule is COc1cc(/C=C2/C(=O)Nc3ccccc32)c(-c2ccc3ccccc3c2)cc1OC. The topological polar surface area (TPSA) is 47.6 Å². The standard InChI is InChI=1S/C27H21NO3/c1-30-25-15-20(14-23-21-9-5-6-10-24(21)28-27(23)29)22(16-26(25)31-2)19-12-11-17-7-3-4-8-18(17)13-19/h3-16H,1-2H3,(H,28,29)/b23-14+. The van der Waals surface area contributed by atoms with Crippen LogP contribution in [0.2, 0.25) is 0 Å². The van der Waals surface area contributed by atoms with E-state index in [0.717, 1.165) is 33.3 Å². The van der Waals surface area contributed by atoms with Gasteiger partial charge in [-0.05, 0) is 57.8 Å². The largest absolute Gasteiger partial charge is 0.493 e. The number of amides is 1. The first-order valence-electron chi connectivity index (χ1n) is 10.1. The average molecular weight is 407 g/mol. The summed E-state index contributed by atoms with van der Waals surface area (Å²) >= 11 is 0. The van der Waals surface area contributed by atoms with E-state index in [-0.39, 0.29) is 5.91 Å². The predicted octanol–water partition coefficient (Wildman–Crippen LogP) is 6.02. The van der Waals surface area contributed by atoms with Crippen molar-refractivity contribution in [3.63, 3.8) is 0 Å². The van der Waals surface area contributed by atoms with Crippen molar-refractivity contribution in [3.8, 4) is 22.6 Å². The molecule has 4 aromatic rings. The van der Waals surface area contributed by atoms with Gasteiger partial charge in [0.05, 0.1) is 14.2 Å². The second kappa shape index (κ2) is 7.65. The van der Waals surface area contributed by atoms with E-state index in [9.17, 15) is 4.79 Å². The average Bonchev–Trinajstić information content (AvgIpc) is 3.13. The van der Waals surface area contributed by atoms with Crippen LogP contribution in [0.5, 0.6) is 11.5 Å². The molecular formula is C27H21NO3. The molecule has 0 atom stereocenters. The molecule has 0 fully saturated rings. The molecule has 0 saturated heterocycles. The van der Waals surface area contributed by atoms with Gasteiger partial charge in [0.15, 0.2) is 11.5 Å². The fourth-order valence-electron chi connectivity index (χ4n) is 4.06. The van der Waals surface area contributed by atoms with Gasteiger partial charge in [-0.1, -0.05) is 54.6 Å². The van der Waals surface area contributed by atoms with Crippen LogP contribution in [0.25, 0.3) is 33.5 Å². The van der Waals surface area contributed by atoms with Gasteiger partial charge in [-0.15, -0.1) is 0 Å². The zero-order valence-corrected chi connectivity index (χ0v) is 17.3. The third-order valence-corrected chi connectivity index (χ3v) is 5.63. The fourth-order valence-corrected chi connectivity index (χ4v) is 4.06. The molecule has 1 heterocycles. The molecule has 0 aliphatic carbocycles. The maximum Gasteiger partial charge on any atom is 0.256 e. The summed E-state index contributed by atoms with van der Waals surface area (Å²) in [5.41, 5.74) is 5.24. The molecule has 4 heteroatoms. The first kappa shape index (κ1) is 18.9. The number of nitrogens with one attached hydrogen (secondary N) is 1. The number of carbonyl (C=O) groups excluding carboxylic acids is 1. The molecule has 152 valence electrons. The van der Waals surface area contributed by atoms with Gasteiger partial charge >= 0.3 is 0 Å². The zero-order chi connectivity index (χ0) is 21.4. The van der Waals surface area contributed by atoms with Gasteiger partial charge in [0.2, 0.25) is 0 Å². The van der Waals surface area contributed by atoms with E-state index < -0.39 is 0 Å². The molecule has 1 N–H and O–H groups in total. The van der Waals surface area contributed by atoms with Crippen LogP contribution in [0.3, 0.4) is 0 Å². The lowest BCUT2D eigenvalue weighted by molar-refractivity contribution is -0.110. The van der Waals surface area contributed by atoms with Crippen molar-refractivity contribution in [1.82, 2.24) is 0 Å². The third kappa shape index (κ3) is 3.32. The molecule has 31 heavy (non-hydrogen) atoms. The highest BCUT2D eigenvalue weighted by molar-refractivity contribution is 6.35. The van der Waals surface area contributed by atoms with Crippen molar-refractivity contribution in [2.24, 2.45) is 0 Å². The Hall–Kier alpha value is -4.05. The van der Waals surface area contributed by atoms with Gasteiger partial charge in [-0.2, -0.15) is 0 Å². The molecular weight excluding hydrogens is 386 g/mol. The van der Waals surface area contributed by atoms with Crippen LogP contribution in [0.4, 0.5) is 5.69 Å². The molecule has 4 aromatic carbocycles.